The summed E-state index contributed by atoms with van der Waals surface area (Å²) in [5, 5.41) is 3.96. The molecular weight excluding hydrogens is 314 g/mol. The largest absolute Gasteiger partial charge is 0.355 e. The van der Waals surface area contributed by atoms with E-state index in [0.717, 1.165) is 40.9 Å². The van der Waals surface area contributed by atoms with E-state index >= 15 is 0 Å². The Balaban J connectivity index is 1.93. The van der Waals surface area contributed by atoms with Gasteiger partial charge in [0.05, 0.1) is 5.02 Å². The summed E-state index contributed by atoms with van der Waals surface area (Å²) < 4.78 is 0.931. The highest BCUT2D eigenvalue weighted by Gasteiger charge is 2.21. The van der Waals surface area contributed by atoms with Crippen LogP contribution in [-0.4, -0.2) is 31.7 Å². The van der Waals surface area contributed by atoms with Crippen molar-refractivity contribution in [3.05, 3.63) is 21.8 Å². The molecule has 3 nitrogen and oxygen atoms in total. The molecule has 1 aromatic rings. The topological polar surface area (TPSA) is 28.2 Å². The molecule has 0 aromatic carbocycles. The monoisotopic (exact) mass is 331 g/mol. The number of hydrogen-bond donors (Lipinski definition) is 1. The molecule has 0 atom stereocenters. The maximum absolute atomic E-state index is 6.24. The molecule has 0 amide bonds. The molecule has 1 saturated heterocycles. The molecule has 0 saturated carbocycles. The molecule has 0 radical (unpaired) electrons. The lowest BCUT2D eigenvalue weighted by Gasteiger charge is -2.33. The molecule has 2 rings (SSSR count). The Morgan fingerprint density at radius 3 is 2.83 bits per heavy atom. The zero-order valence-electron chi connectivity index (χ0n) is 10.6. The number of piperidine rings is 1. The molecule has 0 unspecified atom stereocenters. The van der Waals surface area contributed by atoms with Crippen LogP contribution >= 0.6 is 27.5 Å². The number of nitrogens with one attached hydrogen (secondary N) is 1. The first kappa shape index (κ1) is 14.1. The van der Waals surface area contributed by atoms with Gasteiger partial charge in [-0.25, -0.2) is 4.98 Å². The Hall–Kier alpha value is -0.320. The highest BCUT2D eigenvalue weighted by Crippen LogP contribution is 2.30. The number of rotatable bonds is 4. The first-order valence-electron chi connectivity index (χ1n) is 6.41. The van der Waals surface area contributed by atoms with E-state index in [4.69, 9.17) is 11.6 Å². The lowest BCUT2D eigenvalue weighted by molar-refractivity contribution is 0.377. The molecule has 1 aliphatic rings. The van der Waals surface area contributed by atoms with Crippen LogP contribution in [0.2, 0.25) is 5.02 Å². The van der Waals surface area contributed by atoms with Gasteiger partial charge >= 0.3 is 0 Å². The molecule has 1 aliphatic heterocycles. The molecular formula is C13H19BrClN3. The van der Waals surface area contributed by atoms with Gasteiger partial charge in [-0.3, -0.25) is 0 Å². The summed E-state index contributed by atoms with van der Waals surface area (Å²) in [7, 11) is 2.01. The molecule has 100 valence electrons. The van der Waals surface area contributed by atoms with Crippen LogP contribution in [0.5, 0.6) is 0 Å². The van der Waals surface area contributed by atoms with E-state index in [-0.39, 0.29) is 0 Å². The first-order valence-corrected chi connectivity index (χ1v) is 7.58. The maximum Gasteiger partial charge on any atom is 0.147 e. The van der Waals surface area contributed by atoms with E-state index in [1.54, 1.807) is 0 Å². The van der Waals surface area contributed by atoms with Crippen molar-refractivity contribution in [2.45, 2.75) is 19.3 Å². The standard InChI is InChI=1S/C13H19BrClN3/c1-16-5-2-10-3-6-18(7-4-10)13-12(15)8-11(14)9-17-13/h8-10,16H,2-7H2,1H3. The van der Waals surface area contributed by atoms with Gasteiger partial charge in [0, 0.05) is 23.8 Å². The van der Waals surface area contributed by atoms with Gasteiger partial charge in [0.2, 0.25) is 0 Å². The van der Waals surface area contributed by atoms with Crippen LogP contribution in [-0.2, 0) is 0 Å². The van der Waals surface area contributed by atoms with E-state index in [1.807, 2.05) is 19.3 Å². The average Bonchev–Trinajstić information content (AvgIpc) is 2.37. The third kappa shape index (κ3) is 3.59. The summed E-state index contributed by atoms with van der Waals surface area (Å²) >= 11 is 9.62. The molecule has 1 N–H and O–H groups in total. The SMILES string of the molecule is CNCCC1CCN(c2ncc(Br)cc2Cl)CC1. The van der Waals surface area contributed by atoms with Crippen LogP contribution in [0.3, 0.4) is 0 Å². The molecule has 1 aromatic heterocycles. The second kappa shape index (κ2) is 6.73. The molecule has 0 bridgehead atoms. The number of hydrogen-bond acceptors (Lipinski definition) is 3. The Morgan fingerprint density at radius 2 is 2.22 bits per heavy atom. The van der Waals surface area contributed by atoms with Crippen molar-refractivity contribution in [1.29, 1.82) is 0 Å². The van der Waals surface area contributed by atoms with E-state index in [0.29, 0.717) is 0 Å². The van der Waals surface area contributed by atoms with Crippen LogP contribution in [0.25, 0.3) is 0 Å². The highest BCUT2D eigenvalue weighted by molar-refractivity contribution is 9.10. The summed E-state index contributed by atoms with van der Waals surface area (Å²) in [6, 6.07) is 1.91. The van der Waals surface area contributed by atoms with Crippen molar-refractivity contribution in [3.63, 3.8) is 0 Å². The van der Waals surface area contributed by atoms with Gasteiger partial charge in [-0.2, -0.15) is 0 Å². The predicted molar refractivity (Wildman–Crippen MR) is 80.4 cm³/mol. The smallest absolute Gasteiger partial charge is 0.147 e. The first-order chi connectivity index (χ1) is 8.70. The van der Waals surface area contributed by atoms with Crippen LogP contribution in [0, 0.1) is 5.92 Å². The predicted octanol–water partition coefficient (Wildman–Crippen LogP) is 3.32. The number of halogens is 2. The minimum absolute atomic E-state index is 0.734. The van der Waals surface area contributed by atoms with Crippen LogP contribution in [0.4, 0.5) is 5.82 Å². The molecule has 0 aliphatic carbocycles. The van der Waals surface area contributed by atoms with Crippen molar-refractivity contribution in [2.24, 2.45) is 5.92 Å². The average molecular weight is 333 g/mol. The van der Waals surface area contributed by atoms with Crippen LogP contribution in [0.15, 0.2) is 16.7 Å². The second-order valence-corrected chi connectivity index (χ2v) is 6.10. The maximum atomic E-state index is 6.24. The van der Waals surface area contributed by atoms with Gasteiger partial charge in [0.25, 0.3) is 0 Å². The minimum atomic E-state index is 0.734. The Morgan fingerprint density at radius 1 is 1.50 bits per heavy atom. The summed E-state index contributed by atoms with van der Waals surface area (Å²) in [4.78, 5) is 6.72. The summed E-state index contributed by atoms with van der Waals surface area (Å²) in [6.07, 6.45) is 5.55. The fourth-order valence-electron chi connectivity index (χ4n) is 2.42. The van der Waals surface area contributed by atoms with Crippen molar-refractivity contribution in [3.8, 4) is 0 Å². The van der Waals surface area contributed by atoms with Gasteiger partial charge in [-0.05, 0) is 60.8 Å². The molecule has 18 heavy (non-hydrogen) atoms. The van der Waals surface area contributed by atoms with E-state index < -0.39 is 0 Å². The van der Waals surface area contributed by atoms with Crippen LogP contribution in [0.1, 0.15) is 19.3 Å². The zero-order valence-corrected chi connectivity index (χ0v) is 13.0. The fourth-order valence-corrected chi connectivity index (χ4v) is 3.17. The normalized spacial score (nSPS) is 17.2. The quantitative estimate of drug-likeness (QED) is 0.917. The van der Waals surface area contributed by atoms with Gasteiger partial charge in [-0.15, -0.1) is 0 Å². The van der Waals surface area contributed by atoms with Gasteiger partial charge in [0.15, 0.2) is 0 Å². The zero-order chi connectivity index (χ0) is 13.0. The third-order valence-electron chi connectivity index (χ3n) is 3.51. The van der Waals surface area contributed by atoms with Gasteiger partial charge in [-0.1, -0.05) is 11.6 Å². The third-order valence-corrected chi connectivity index (χ3v) is 4.22. The van der Waals surface area contributed by atoms with Crippen molar-refractivity contribution >= 4 is 33.3 Å². The Kier molecular flexibility index (Phi) is 5.27. The van der Waals surface area contributed by atoms with Gasteiger partial charge in [0.1, 0.15) is 5.82 Å². The highest BCUT2D eigenvalue weighted by atomic mass is 79.9. The van der Waals surface area contributed by atoms with E-state index in [2.05, 4.69) is 31.1 Å². The minimum Gasteiger partial charge on any atom is -0.355 e. The molecule has 2 heterocycles. The molecule has 5 heteroatoms. The van der Waals surface area contributed by atoms with Crippen molar-refractivity contribution in [1.82, 2.24) is 10.3 Å². The summed E-state index contributed by atoms with van der Waals surface area (Å²) in [5.41, 5.74) is 0. The summed E-state index contributed by atoms with van der Waals surface area (Å²) in [6.45, 7) is 3.23. The lowest BCUT2D eigenvalue weighted by atomic mass is 9.93. The molecule has 0 spiro atoms. The van der Waals surface area contributed by atoms with E-state index in [9.17, 15) is 0 Å². The van der Waals surface area contributed by atoms with Crippen molar-refractivity contribution in [2.75, 3.05) is 31.6 Å². The number of pyridine rings is 1. The molecule has 1 fully saturated rings. The van der Waals surface area contributed by atoms with Crippen molar-refractivity contribution < 1.29 is 0 Å². The lowest BCUT2D eigenvalue weighted by Crippen LogP contribution is -2.35. The van der Waals surface area contributed by atoms with Gasteiger partial charge < -0.3 is 10.2 Å². The van der Waals surface area contributed by atoms with E-state index in [1.165, 1.54) is 19.3 Å². The Labute approximate surface area is 122 Å². The Bertz CT molecular complexity index is 392. The number of nitrogens with zero attached hydrogens (tertiary/aromatic N) is 2. The summed E-state index contributed by atoms with van der Waals surface area (Å²) in [5.74, 6) is 1.76. The fraction of sp³-hybridized carbons (Fsp3) is 0.615. The second-order valence-electron chi connectivity index (χ2n) is 4.78. The van der Waals surface area contributed by atoms with Crippen LogP contribution < -0.4 is 10.2 Å². The number of aromatic nitrogens is 1. The number of anilines is 1.